The van der Waals surface area contributed by atoms with Gasteiger partial charge in [-0.1, -0.05) is 13.8 Å². The highest BCUT2D eigenvalue weighted by Gasteiger charge is 2.09. The fourth-order valence-electron chi connectivity index (χ4n) is 2.05. The first-order valence-corrected chi connectivity index (χ1v) is 7.83. The van der Waals surface area contributed by atoms with Crippen molar-refractivity contribution in [2.24, 2.45) is 5.92 Å². The first kappa shape index (κ1) is 17.5. The Hall–Kier alpha value is -2.82. The van der Waals surface area contributed by atoms with E-state index in [0.29, 0.717) is 29.3 Å². The third-order valence-electron chi connectivity index (χ3n) is 3.43. The Morgan fingerprint density at radius 3 is 1.96 bits per heavy atom. The predicted octanol–water partition coefficient (Wildman–Crippen LogP) is 3.33. The fourth-order valence-corrected chi connectivity index (χ4v) is 2.05. The van der Waals surface area contributed by atoms with Crippen LogP contribution in [0.15, 0.2) is 48.5 Å². The van der Waals surface area contributed by atoms with Crippen molar-refractivity contribution in [3.05, 3.63) is 59.7 Å². The summed E-state index contributed by atoms with van der Waals surface area (Å²) >= 11 is 0. The molecule has 5 heteroatoms. The van der Waals surface area contributed by atoms with Crippen LogP contribution in [0.3, 0.4) is 0 Å². The lowest BCUT2D eigenvalue weighted by Gasteiger charge is -2.09. The largest absolute Gasteiger partial charge is 0.497 e. The number of carbonyl (C=O) groups is 2. The van der Waals surface area contributed by atoms with Crippen LogP contribution in [0.5, 0.6) is 5.75 Å². The van der Waals surface area contributed by atoms with Crippen LogP contribution < -0.4 is 15.4 Å². The molecule has 0 saturated heterocycles. The molecule has 0 radical (unpaired) electrons. The Bertz CT molecular complexity index is 692. The van der Waals surface area contributed by atoms with Gasteiger partial charge in [0.1, 0.15) is 5.75 Å². The third kappa shape index (κ3) is 4.84. The minimum atomic E-state index is -0.227. The summed E-state index contributed by atoms with van der Waals surface area (Å²) in [5, 5.41) is 5.65. The van der Waals surface area contributed by atoms with Crippen LogP contribution in [-0.4, -0.2) is 25.5 Å². The smallest absolute Gasteiger partial charge is 0.255 e. The molecule has 0 unspecified atom stereocenters. The summed E-state index contributed by atoms with van der Waals surface area (Å²) in [6.07, 6.45) is 0. The molecule has 0 aliphatic carbocycles. The van der Waals surface area contributed by atoms with Gasteiger partial charge in [0, 0.05) is 23.4 Å². The highest BCUT2D eigenvalue weighted by atomic mass is 16.5. The summed E-state index contributed by atoms with van der Waals surface area (Å²) in [6, 6.07) is 13.7. The van der Waals surface area contributed by atoms with E-state index in [2.05, 4.69) is 10.6 Å². The van der Waals surface area contributed by atoms with Crippen molar-refractivity contribution in [2.45, 2.75) is 13.8 Å². The van der Waals surface area contributed by atoms with Gasteiger partial charge in [0.05, 0.1) is 7.11 Å². The lowest BCUT2D eigenvalue weighted by atomic mass is 10.1. The lowest BCUT2D eigenvalue weighted by Crippen LogP contribution is -2.27. The summed E-state index contributed by atoms with van der Waals surface area (Å²) in [5.74, 6) is 0.758. The molecule has 0 saturated carbocycles. The Morgan fingerprint density at radius 2 is 1.46 bits per heavy atom. The van der Waals surface area contributed by atoms with Crippen LogP contribution in [0.4, 0.5) is 5.69 Å². The summed E-state index contributed by atoms with van der Waals surface area (Å²) in [4.78, 5) is 24.2. The Balaban J connectivity index is 1.98. The van der Waals surface area contributed by atoms with Crippen molar-refractivity contribution < 1.29 is 14.3 Å². The Labute approximate surface area is 142 Å². The van der Waals surface area contributed by atoms with Gasteiger partial charge in [-0.05, 0) is 54.4 Å². The third-order valence-corrected chi connectivity index (χ3v) is 3.43. The first-order valence-electron chi connectivity index (χ1n) is 7.83. The normalized spacial score (nSPS) is 10.3. The second-order valence-corrected chi connectivity index (χ2v) is 5.86. The highest BCUT2D eigenvalue weighted by Crippen LogP contribution is 2.16. The van der Waals surface area contributed by atoms with Gasteiger partial charge >= 0.3 is 0 Å². The van der Waals surface area contributed by atoms with E-state index in [1.165, 1.54) is 0 Å². The van der Waals surface area contributed by atoms with Crippen molar-refractivity contribution in [1.29, 1.82) is 0 Å². The molecule has 0 atom stereocenters. The van der Waals surface area contributed by atoms with E-state index in [4.69, 9.17) is 4.74 Å². The van der Waals surface area contributed by atoms with Gasteiger partial charge in [0.25, 0.3) is 11.8 Å². The molecule has 2 rings (SSSR count). The van der Waals surface area contributed by atoms with E-state index >= 15 is 0 Å². The summed E-state index contributed by atoms with van der Waals surface area (Å²) in [6.45, 7) is 4.69. The van der Waals surface area contributed by atoms with Gasteiger partial charge in [-0.2, -0.15) is 0 Å². The average molecular weight is 326 g/mol. The number of hydrogen-bond acceptors (Lipinski definition) is 3. The number of methoxy groups -OCH3 is 1. The number of nitrogens with one attached hydrogen (secondary N) is 2. The number of rotatable bonds is 6. The van der Waals surface area contributed by atoms with Crippen molar-refractivity contribution in [2.75, 3.05) is 19.0 Å². The van der Waals surface area contributed by atoms with Gasteiger partial charge in [-0.15, -0.1) is 0 Å². The first-order chi connectivity index (χ1) is 11.5. The van der Waals surface area contributed by atoms with Crippen LogP contribution >= 0.6 is 0 Å². The van der Waals surface area contributed by atoms with Crippen LogP contribution in [0.25, 0.3) is 0 Å². The van der Waals surface area contributed by atoms with Crippen LogP contribution in [-0.2, 0) is 0 Å². The van der Waals surface area contributed by atoms with Crippen molar-refractivity contribution in [1.82, 2.24) is 5.32 Å². The molecule has 2 aromatic carbocycles. The summed E-state index contributed by atoms with van der Waals surface area (Å²) in [5.41, 5.74) is 1.71. The molecular weight excluding hydrogens is 304 g/mol. The van der Waals surface area contributed by atoms with Gasteiger partial charge in [0.15, 0.2) is 0 Å². The maximum absolute atomic E-state index is 12.2. The minimum Gasteiger partial charge on any atom is -0.497 e. The predicted molar refractivity (Wildman–Crippen MR) is 94.6 cm³/mol. The van der Waals surface area contributed by atoms with Gasteiger partial charge < -0.3 is 15.4 Å². The highest BCUT2D eigenvalue weighted by molar-refractivity contribution is 6.05. The van der Waals surface area contributed by atoms with E-state index in [9.17, 15) is 9.59 Å². The zero-order valence-corrected chi connectivity index (χ0v) is 14.1. The zero-order chi connectivity index (χ0) is 17.5. The molecule has 0 heterocycles. The molecule has 126 valence electrons. The maximum Gasteiger partial charge on any atom is 0.255 e. The molecule has 0 aliphatic heterocycles. The number of benzene rings is 2. The Morgan fingerprint density at radius 1 is 0.917 bits per heavy atom. The van der Waals surface area contributed by atoms with E-state index in [0.717, 1.165) is 5.75 Å². The standard InChI is InChI=1S/C19H22N2O3/c1-13(2)12-20-18(22)14-4-6-15(7-5-14)19(23)21-16-8-10-17(24-3)11-9-16/h4-11,13H,12H2,1-3H3,(H,20,22)(H,21,23). The maximum atomic E-state index is 12.2. The quantitative estimate of drug-likeness (QED) is 0.855. The molecule has 0 aliphatic rings. The molecule has 0 spiro atoms. The minimum absolute atomic E-state index is 0.134. The Kier molecular flexibility index (Phi) is 5.95. The number of anilines is 1. The summed E-state index contributed by atoms with van der Waals surface area (Å²) < 4.78 is 5.08. The van der Waals surface area contributed by atoms with Gasteiger partial charge in [0.2, 0.25) is 0 Å². The zero-order valence-electron chi connectivity index (χ0n) is 14.1. The SMILES string of the molecule is COc1ccc(NC(=O)c2ccc(C(=O)NCC(C)C)cc2)cc1. The van der Waals surface area contributed by atoms with E-state index in [1.807, 2.05) is 13.8 Å². The van der Waals surface area contributed by atoms with E-state index in [-0.39, 0.29) is 11.8 Å². The monoisotopic (exact) mass is 326 g/mol. The van der Waals surface area contributed by atoms with E-state index < -0.39 is 0 Å². The number of ether oxygens (including phenoxy) is 1. The molecule has 2 amide bonds. The second-order valence-electron chi connectivity index (χ2n) is 5.86. The number of hydrogen-bond donors (Lipinski definition) is 2. The van der Waals surface area contributed by atoms with Gasteiger partial charge in [-0.25, -0.2) is 0 Å². The topological polar surface area (TPSA) is 67.4 Å². The molecule has 2 aromatic rings. The number of carbonyl (C=O) groups excluding carboxylic acids is 2. The van der Waals surface area contributed by atoms with Crippen molar-refractivity contribution in [3.8, 4) is 5.75 Å². The van der Waals surface area contributed by atoms with Crippen molar-refractivity contribution >= 4 is 17.5 Å². The van der Waals surface area contributed by atoms with E-state index in [1.54, 1.807) is 55.6 Å². The van der Waals surface area contributed by atoms with Crippen molar-refractivity contribution in [3.63, 3.8) is 0 Å². The van der Waals surface area contributed by atoms with Crippen LogP contribution in [0, 0.1) is 5.92 Å². The molecule has 0 aromatic heterocycles. The molecule has 2 N–H and O–H groups in total. The number of amides is 2. The second kappa shape index (κ2) is 8.15. The molecular formula is C19H22N2O3. The lowest BCUT2D eigenvalue weighted by molar-refractivity contribution is 0.0947. The molecule has 0 fully saturated rings. The fraction of sp³-hybridized carbons (Fsp3) is 0.263. The average Bonchev–Trinajstić information content (AvgIpc) is 2.60. The van der Waals surface area contributed by atoms with Gasteiger partial charge in [-0.3, -0.25) is 9.59 Å². The molecule has 5 nitrogen and oxygen atoms in total. The molecule has 24 heavy (non-hydrogen) atoms. The van der Waals surface area contributed by atoms with Crippen LogP contribution in [0.1, 0.15) is 34.6 Å². The summed E-state index contributed by atoms with van der Waals surface area (Å²) in [7, 11) is 1.59. The molecule has 0 bridgehead atoms. The van der Waals surface area contributed by atoms with Crippen LogP contribution in [0.2, 0.25) is 0 Å².